The minimum Gasteiger partial charge on any atom is -0.480 e. The molecule has 1 heterocycles. The number of hydrogen-bond donors (Lipinski definition) is 2. The first-order valence-corrected chi connectivity index (χ1v) is 5.89. The van der Waals surface area contributed by atoms with E-state index >= 15 is 0 Å². The van der Waals surface area contributed by atoms with Crippen molar-refractivity contribution in [3.63, 3.8) is 0 Å². The quantitative estimate of drug-likeness (QED) is 0.847. The molecule has 2 rings (SSSR count). The van der Waals surface area contributed by atoms with E-state index < -0.39 is 12.0 Å². The number of halogens is 1. The number of benzene rings is 1. The topological polar surface area (TPSA) is 49.3 Å². The Bertz CT molecular complexity index is 433. The highest BCUT2D eigenvalue weighted by Crippen LogP contribution is 2.31. The van der Waals surface area contributed by atoms with Crippen LogP contribution in [0.4, 0.5) is 4.39 Å². The summed E-state index contributed by atoms with van der Waals surface area (Å²) < 4.78 is 13.8. The van der Waals surface area contributed by atoms with Crippen molar-refractivity contribution in [2.24, 2.45) is 0 Å². The molecule has 2 atom stereocenters. The maximum Gasteiger partial charge on any atom is 0.320 e. The Morgan fingerprint density at radius 2 is 2.29 bits per heavy atom. The minimum absolute atomic E-state index is 0.174. The monoisotopic (exact) mass is 237 g/mol. The third kappa shape index (κ3) is 2.31. The maximum atomic E-state index is 13.8. The molecule has 92 valence electrons. The molecule has 0 aliphatic carbocycles. The van der Waals surface area contributed by atoms with Crippen molar-refractivity contribution < 1.29 is 14.3 Å². The fourth-order valence-corrected chi connectivity index (χ4v) is 2.45. The van der Waals surface area contributed by atoms with Crippen LogP contribution < -0.4 is 5.32 Å². The van der Waals surface area contributed by atoms with E-state index in [1.165, 1.54) is 6.07 Å². The van der Waals surface area contributed by atoms with Crippen LogP contribution in [-0.4, -0.2) is 17.1 Å². The van der Waals surface area contributed by atoms with Crippen molar-refractivity contribution in [2.75, 3.05) is 0 Å². The van der Waals surface area contributed by atoms with E-state index in [0.717, 1.165) is 12.0 Å². The zero-order valence-electron chi connectivity index (χ0n) is 9.74. The fourth-order valence-electron chi connectivity index (χ4n) is 2.45. The molecule has 2 N–H and O–H groups in total. The van der Waals surface area contributed by atoms with E-state index in [4.69, 9.17) is 5.11 Å². The van der Waals surface area contributed by atoms with Gasteiger partial charge in [-0.1, -0.05) is 19.1 Å². The van der Waals surface area contributed by atoms with Gasteiger partial charge in [-0.05, 0) is 30.9 Å². The van der Waals surface area contributed by atoms with E-state index in [2.05, 4.69) is 5.32 Å². The lowest BCUT2D eigenvalue weighted by atomic mass is 9.97. The van der Waals surface area contributed by atoms with Crippen LogP contribution in [0.5, 0.6) is 0 Å². The second-order valence-corrected chi connectivity index (χ2v) is 4.35. The molecule has 0 amide bonds. The Morgan fingerprint density at radius 3 is 2.88 bits per heavy atom. The summed E-state index contributed by atoms with van der Waals surface area (Å²) in [6, 6.07) is 4.30. The highest BCUT2D eigenvalue weighted by atomic mass is 19.1. The van der Waals surface area contributed by atoms with E-state index in [0.29, 0.717) is 18.4 Å². The molecule has 0 radical (unpaired) electrons. The SMILES string of the molecule is CCc1cccc(F)c1[C@H]1CC[C@H](C(=O)O)N1. The molecule has 3 nitrogen and oxygen atoms in total. The molecular formula is C13H16FNO2. The number of aliphatic carboxylic acids is 1. The molecule has 1 fully saturated rings. The van der Waals surface area contributed by atoms with Gasteiger partial charge < -0.3 is 5.11 Å². The normalized spacial score (nSPS) is 23.9. The van der Waals surface area contributed by atoms with E-state index in [1.54, 1.807) is 6.07 Å². The van der Waals surface area contributed by atoms with E-state index in [-0.39, 0.29) is 11.9 Å². The van der Waals surface area contributed by atoms with Crippen LogP contribution in [-0.2, 0) is 11.2 Å². The molecule has 0 unspecified atom stereocenters. The highest BCUT2D eigenvalue weighted by Gasteiger charge is 2.31. The summed E-state index contributed by atoms with van der Waals surface area (Å²) in [5.74, 6) is -1.10. The van der Waals surface area contributed by atoms with E-state index in [9.17, 15) is 9.18 Å². The molecule has 1 aliphatic heterocycles. The van der Waals surface area contributed by atoms with Gasteiger partial charge >= 0.3 is 5.97 Å². The van der Waals surface area contributed by atoms with Crippen LogP contribution >= 0.6 is 0 Å². The number of carboxylic acid groups (broad SMARTS) is 1. The number of rotatable bonds is 3. The van der Waals surface area contributed by atoms with Gasteiger partial charge in [0.2, 0.25) is 0 Å². The van der Waals surface area contributed by atoms with Gasteiger partial charge in [-0.3, -0.25) is 10.1 Å². The lowest BCUT2D eigenvalue weighted by Gasteiger charge is -2.17. The van der Waals surface area contributed by atoms with Gasteiger partial charge in [0.25, 0.3) is 0 Å². The summed E-state index contributed by atoms with van der Waals surface area (Å²) in [5.41, 5.74) is 1.59. The first kappa shape index (κ1) is 12.0. The maximum absolute atomic E-state index is 13.8. The van der Waals surface area contributed by atoms with Crippen molar-refractivity contribution >= 4 is 5.97 Å². The molecule has 4 heteroatoms. The van der Waals surface area contributed by atoms with Crippen LogP contribution in [0.1, 0.15) is 36.9 Å². The zero-order valence-corrected chi connectivity index (χ0v) is 9.74. The second kappa shape index (κ2) is 4.84. The molecule has 1 aromatic carbocycles. The molecule has 0 spiro atoms. The first-order valence-electron chi connectivity index (χ1n) is 5.89. The van der Waals surface area contributed by atoms with Crippen molar-refractivity contribution in [3.05, 3.63) is 35.1 Å². The van der Waals surface area contributed by atoms with Crippen molar-refractivity contribution in [3.8, 4) is 0 Å². The predicted octanol–water partition coefficient (Wildman–Crippen LogP) is 2.27. The fraction of sp³-hybridized carbons (Fsp3) is 0.462. The Balaban J connectivity index is 2.26. The lowest BCUT2D eigenvalue weighted by molar-refractivity contribution is -0.139. The largest absolute Gasteiger partial charge is 0.480 e. The summed E-state index contributed by atoms with van der Waals surface area (Å²) in [4.78, 5) is 10.9. The Morgan fingerprint density at radius 1 is 1.53 bits per heavy atom. The minimum atomic E-state index is -0.859. The molecule has 0 saturated carbocycles. The van der Waals surface area contributed by atoms with Crippen LogP contribution in [0.3, 0.4) is 0 Å². The Kier molecular flexibility index (Phi) is 3.43. The lowest BCUT2D eigenvalue weighted by Crippen LogP contribution is -2.32. The van der Waals surface area contributed by atoms with Gasteiger partial charge in [0.1, 0.15) is 11.9 Å². The predicted molar refractivity (Wildman–Crippen MR) is 62.3 cm³/mol. The van der Waals surface area contributed by atoms with Crippen molar-refractivity contribution in [2.45, 2.75) is 38.3 Å². The van der Waals surface area contributed by atoms with Gasteiger partial charge in [0, 0.05) is 11.6 Å². The number of hydrogen-bond acceptors (Lipinski definition) is 2. The summed E-state index contributed by atoms with van der Waals surface area (Å²) in [6.45, 7) is 1.97. The number of carboxylic acids is 1. The number of nitrogens with one attached hydrogen (secondary N) is 1. The average Bonchev–Trinajstić information content (AvgIpc) is 2.77. The van der Waals surface area contributed by atoms with E-state index in [1.807, 2.05) is 13.0 Å². The summed E-state index contributed by atoms with van der Waals surface area (Å²) >= 11 is 0. The van der Waals surface area contributed by atoms with Crippen molar-refractivity contribution in [1.82, 2.24) is 5.32 Å². The second-order valence-electron chi connectivity index (χ2n) is 4.35. The third-order valence-corrected chi connectivity index (χ3v) is 3.32. The number of carbonyl (C=O) groups is 1. The third-order valence-electron chi connectivity index (χ3n) is 3.32. The summed E-state index contributed by atoms with van der Waals surface area (Å²) in [6.07, 6.45) is 1.98. The first-order chi connectivity index (χ1) is 8.13. The van der Waals surface area contributed by atoms with Gasteiger partial charge in [-0.15, -0.1) is 0 Å². The smallest absolute Gasteiger partial charge is 0.320 e. The summed E-state index contributed by atoms with van der Waals surface area (Å²) in [5, 5.41) is 11.9. The van der Waals surface area contributed by atoms with Crippen LogP contribution in [0.25, 0.3) is 0 Å². The Hall–Kier alpha value is -1.42. The summed E-state index contributed by atoms with van der Waals surface area (Å²) in [7, 11) is 0. The molecule has 1 aliphatic rings. The average molecular weight is 237 g/mol. The molecule has 17 heavy (non-hydrogen) atoms. The van der Waals surface area contributed by atoms with Gasteiger partial charge in [-0.25, -0.2) is 4.39 Å². The van der Waals surface area contributed by atoms with Gasteiger partial charge in [-0.2, -0.15) is 0 Å². The van der Waals surface area contributed by atoms with Crippen molar-refractivity contribution in [1.29, 1.82) is 0 Å². The molecular weight excluding hydrogens is 221 g/mol. The standard InChI is InChI=1S/C13H16FNO2/c1-2-8-4-3-5-9(14)12(8)10-6-7-11(15-10)13(16)17/h3-5,10-11,15H,2,6-7H2,1H3,(H,16,17)/t10-,11-/m1/s1. The van der Waals surface area contributed by atoms with Crippen LogP contribution in [0.2, 0.25) is 0 Å². The molecule has 1 saturated heterocycles. The van der Waals surface area contributed by atoms with Crippen LogP contribution in [0.15, 0.2) is 18.2 Å². The van der Waals surface area contributed by atoms with Crippen LogP contribution in [0, 0.1) is 5.82 Å². The van der Waals surface area contributed by atoms with Gasteiger partial charge in [0.05, 0.1) is 0 Å². The highest BCUT2D eigenvalue weighted by molar-refractivity contribution is 5.74. The zero-order chi connectivity index (χ0) is 12.4. The molecule has 0 aromatic heterocycles. The Labute approximate surface area is 99.7 Å². The molecule has 1 aromatic rings. The molecule has 0 bridgehead atoms. The number of aryl methyl sites for hydroxylation is 1. The van der Waals surface area contributed by atoms with Gasteiger partial charge in [0.15, 0.2) is 0 Å².